The van der Waals surface area contributed by atoms with Crippen molar-refractivity contribution in [1.82, 2.24) is 0 Å². The maximum absolute atomic E-state index is 12.5. The fourth-order valence-corrected chi connectivity index (χ4v) is 2.65. The second-order valence-electron chi connectivity index (χ2n) is 5.66. The molecule has 1 atom stereocenters. The molecule has 0 aromatic heterocycles. The number of ketones is 1. The molecule has 1 N–H and O–H groups in total. The van der Waals surface area contributed by atoms with E-state index in [0.717, 1.165) is 5.56 Å². The number of oxime groups is 1. The monoisotopic (exact) mass is 325 g/mol. The Morgan fingerprint density at radius 1 is 1.38 bits per heavy atom. The van der Waals surface area contributed by atoms with E-state index >= 15 is 0 Å². The third-order valence-electron chi connectivity index (χ3n) is 3.82. The molecular formula is C20H23NO3. The largest absolute Gasteiger partial charge is 0.511 e. The molecule has 2 rings (SSSR count). The van der Waals surface area contributed by atoms with E-state index < -0.39 is 0 Å². The van der Waals surface area contributed by atoms with Crippen molar-refractivity contribution in [1.29, 1.82) is 0 Å². The van der Waals surface area contributed by atoms with Crippen LogP contribution in [0.25, 0.3) is 6.08 Å². The Hall–Kier alpha value is -2.62. The van der Waals surface area contributed by atoms with Crippen LogP contribution in [0.5, 0.6) is 0 Å². The topological polar surface area (TPSA) is 58.9 Å². The molecule has 0 bridgehead atoms. The zero-order chi connectivity index (χ0) is 17.4. The molecule has 0 aliphatic heterocycles. The molecule has 126 valence electrons. The molecule has 0 spiro atoms. The van der Waals surface area contributed by atoms with Crippen LogP contribution >= 0.6 is 0 Å². The first kappa shape index (κ1) is 17.7. The average Bonchev–Trinajstić information content (AvgIpc) is 2.59. The highest BCUT2D eigenvalue weighted by Gasteiger charge is 2.29. The molecule has 4 heteroatoms. The number of benzene rings is 1. The van der Waals surface area contributed by atoms with Crippen LogP contribution in [0.3, 0.4) is 0 Å². The quantitative estimate of drug-likeness (QED) is 0.348. The minimum atomic E-state index is -0.0933. The molecule has 0 saturated carbocycles. The molecule has 1 aromatic rings. The van der Waals surface area contributed by atoms with Crippen LogP contribution in [0.1, 0.15) is 31.7 Å². The van der Waals surface area contributed by atoms with Gasteiger partial charge in [-0.3, -0.25) is 4.79 Å². The molecule has 0 amide bonds. The number of aliphatic hydroxyl groups excluding tert-OH is 1. The molecule has 1 aliphatic carbocycles. The molecule has 0 saturated heterocycles. The van der Waals surface area contributed by atoms with Crippen LogP contribution in [-0.2, 0) is 9.63 Å². The molecule has 1 unspecified atom stereocenters. The summed E-state index contributed by atoms with van der Waals surface area (Å²) < 4.78 is 0. The highest BCUT2D eigenvalue weighted by molar-refractivity contribution is 6.23. The van der Waals surface area contributed by atoms with E-state index in [1.54, 1.807) is 6.08 Å². The van der Waals surface area contributed by atoms with E-state index in [1.165, 1.54) is 0 Å². The molecule has 1 aromatic carbocycles. The van der Waals surface area contributed by atoms with Gasteiger partial charge in [0.05, 0.1) is 11.3 Å². The lowest BCUT2D eigenvalue weighted by molar-refractivity contribution is -0.116. The zero-order valence-electron chi connectivity index (χ0n) is 13.9. The van der Waals surface area contributed by atoms with Crippen molar-refractivity contribution < 1.29 is 14.7 Å². The van der Waals surface area contributed by atoms with Gasteiger partial charge in [-0.25, -0.2) is 0 Å². The number of hydrogen-bond acceptors (Lipinski definition) is 4. The summed E-state index contributed by atoms with van der Waals surface area (Å²) in [5, 5.41) is 14.3. The number of carbonyl (C=O) groups excluding carboxylic acids is 1. The Morgan fingerprint density at radius 2 is 2.12 bits per heavy atom. The van der Waals surface area contributed by atoms with Gasteiger partial charge >= 0.3 is 0 Å². The van der Waals surface area contributed by atoms with E-state index in [-0.39, 0.29) is 24.1 Å². The highest BCUT2D eigenvalue weighted by Crippen LogP contribution is 2.28. The first-order valence-electron chi connectivity index (χ1n) is 8.14. The fraction of sp³-hybridized carbons (Fsp3) is 0.300. The molecule has 0 radical (unpaired) electrons. The minimum Gasteiger partial charge on any atom is -0.511 e. The van der Waals surface area contributed by atoms with Crippen molar-refractivity contribution in [3.05, 3.63) is 66.0 Å². The zero-order valence-corrected chi connectivity index (χ0v) is 13.9. The smallest absolute Gasteiger partial charge is 0.168 e. The summed E-state index contributed by atoms with van der Waals surface area (Å²) in [7, 11) is 0. The van der Waals surface area contributed by atoms with Gasteiger partial charge in [-0.05, 0) is 17.9 Å². The Kier molecular flexibility index (Phi) is 6.55. The second-order valence-corrected chi connectivity index (χ2v) is 5.66. The van der Waals surface area contributed by atoms with Gasteiger partial charge in [0.15, 0.2) is 5.78 Å². The number of hydrogen-bond donors (Lipinski definition) is 1. The summed E-state index contributed by atoms with van der Waals surface area (Å²) >= 11 is 0. The normalized spacial score (nSPS) is 19.0. The van der Waals surface area contributed by atoms with E-state index in [1.807, 2.05) is 49.4 Å². The fourth-order valence-electron chi connectivity index (χ4n) is 2.65. The number of aliphatic hydroxyl groups is 1. The summed E-state index contributed by atoms with van der Waals surface area (Å²) in [5.74, 6) is -0.00492. The average molecular weight is 325 g/mol. The Labute approximate surface area is 142 Å². The van der Waals surface area contributed by atoms with Gasteiger partial charge in [-0.2, -0.15) is 0 Å². The van der Waals surface area contributed by atoms with Crippen LogP contribution in [-0.4, -0.2) is 23.2 Å². The summed E-state index contributed by atoms with van der Waals surface area (Å²) in [6.45, 7) is 5.70. The van der Waals surface area contributed by atoms with Crippen LogP contribution in [0.4, 0.5) is 0 Å². The highest BCUT2D eigenvalue weighted by atomic mass is 16.6. The third kappa shape index (κ3) is 4.69. The number of Topliss-reactive ketones (excluding diaryl/α,β-unsaturated/α-hetero) is 1. The summed E-state index contributed by atoms with van der Waals surface area (Å²) in [4.78, 5) is 17.5. The lowest BCUT2D eigenvalue weighted by Crippen LogP contribution is -2.23. The first-order valence-corrected chi connectivity index (χ1v) is 8.14. The predicted molar refractivity (Wildman–Crippen MR) is 96.7 cm³/mol. The standard InChI is InChI=1S/C20H23NO3/c1-3-12-24-21-17(4-2)20-18(22)13-16(14-19(20)23)11-10-15-8-6-5-7-9-15/h3,5-11,16,22H,1,4,12-14H2,2H3/b11-10+,21-17-. The van der Waals surface area contributed by atoms with E-state index in [9.17, 15) is 9.90 Å². The molecular weight excluding hydrogens is 302 g/mol. The second kappa shape index (κ2) is 8.87. The third-order valence-corrected chi connectivity index (χ3v) is 3.82. The number of carbonyl (C=O) groups is 1. The number of allylic oxidation sites excluding steroid dienone is 3. The van der Waals surface area contributed by atoms with Gasteiger partial charge in [0.2, 0.25) is 0 Å². The number of nitrogens with zero attached hydrogens (tertiary/aromatic N) is 1. The Bertz CT molecular complexity index is 671. The van der Waals surface area contributed by atoms with Gasteiger partial charge in [-0.1, -0.05) is 67.2 Å². The molecule has 4 nitrogen and oxygen atoms in total. The van der Waals surface area contributed by atoms with Crippen LogP contribution < -0.4 is 0 Å². The summed E-state index contributed by atoms with van der Waals surface area (Å²) in [6.07, 6.45) is 6.87. The van der Waals surface area contributed by atoms with Gasteiger partial charge in [0.25, 0.3) is 0 Å². The van der Waals surface area contributed by atoms with Crippen molar-refractivity contribution in [2.45, 2.75) is 26.2 Å². The van der Waals surface area contributed by atoms with Gasteiger partial charge in [0, 0.05) is 12.8 Å². The van der Waals surface area contributed by atoms with E-state index in [2.05, 4.69) is 11.7 Å². The number of rotatable bonds is 7. The minimum absolute atomic E-state index is 0.00587. The first-order chi connectivity index (χ1) is 11.7. The van der Waals surface area contributed by atoms with Crippen molar-refractivity contribution in [3.63, 3.8) is 0 Å². The van der Waals surface area contributed by atoms with Gasteiger partial charge < -0.3 is 9.94 Å². The SMILES string of the molecule is C=CCO/N=C(/CC)C1=C(O)CC(/C=C/c2ccccc2)CC1=O. The maximum atomic E-state index is 12.5. The van der Waals surface area contributed by atoms with Crippen LogP contribution in [0.2, 0.25) is 0 Å². The predicted octanol–water partition coefficient (Wildman–Crippen LogP) is 4.46. The van der Waals surface area contributed by atoms with Crippen LogP contribution in [0.15, 0.2) is 65.6 Å². The van der Waals surface area contributed by atoms with Crippen molar-refractivity contribution in [2.24, 2.45) is 11.1 Å². The molecule has 24 heavy (non-hydrogen) atoms. The Morgan fingerprint density at radius 3 is 2.75 bits per heavy atom. The summed E-state index contributed by atoms with van der Waals surface area (Å²) in [5.41, 5.74) is 1.88. The molecule has 0 fully saturated rings. The lowest BCUT2D eigenvalue weighted by Gasteiger charge is -2.21. The lowest BCUT2D eigenvalue weighted by atomic mass is 9.84. The van der Waals surface area contributed by atoms with Gasteiger partial charge in [-0.15, -0.1) is 0 Å². The maximum Gasteiger partial charge on any atom is 0.168 e. The Balaban J connectivity index is 2.13. The van der Waals surface area contributed by atoms with E-state index in [0.29, 0.717) is 30.5 Å². The van der Waals surface area contributed by atoms with Gasteiger partial charge in [0.1, 0.15) is 12.4 Å². The van der Waals surface area contributed by atoms with Crippen LogP contribution in [0, 0.1) is 5.92 Å². The molecule has 1 aliphatic rings. The van der Waals surface area contributed by atoms with Crippen molar-refractivity contribution in [2.75, 3.05) is 6.61 Å². The van der Waals surface area contributed by atoms with E-state index in [4.69, 9.17) is 4.84 Å². The summed E-state index contributed by atoms with van der Waals surface area (Å²) in [6, 6.07) is 9.90. The van der Waals surface area contributed by atoms with Crippen molar-refractivity contribution in [3.8, 4) is 0 Å². The molecule has 0 heterocycles. The van der Waals surface area contributed by atoms with Crippen molar-refractivity contribution >= 4 is 17.6 Å².